The topological polar surface area (TPSA) is 24.5 Å². The summed E-state index contributed by atoms with van der Waals surface area (Å²) >= 11 is 0. The summed E-state index contributed by atoms with van der Waals surface area (Å²) in [6.45, 7) is 8.37. The van der Waals surface area contributed by atoms with Gasteiger partial charge in [-0.05, 0) is 26.7 Å². The molecular formula is C13H25F3N2O. The number of nitrogens with one attached hydrogen (secondary N) is 1. The quantitative estimate of drug-likeness (QED) is 0.776. The van der Waals surface area contributed by atoms with Gasteiger partial charge in [0.15, 0.2) is 0 Å². The number of hydrogen-bond acceptors (Lipinski definition) is 3. The van der Waals surface area contributed by atoms with E-state index in [1.807, 2.05) is 6.92 Å². The Labute approximate surface area is 113 Å². The number of ether oxygens (including phenoxy) is 1. The Balaban J connectivity index is 2.11. The van der Waals surface area contributed by atoms with Crippen molar-refractivity contribution < 1.29 is 17.9 Å². The van der Waals surface area contributed by atoms with Crippen LogP contribution in [0.15, 0.2) is 0 Å². The number of nitrogens with zero attached hydrogens (tertiary/aromatic N) is 1. The standard InChI is InChI=1S/C13H25F3N2O/c1-11(4-3-5-13(14,15)16)17-12(2)10-18-6-8-19-9-7-18/h11-12,17H,3-10H2,1-2H3. The summed E-state index contributed by atoms with van der Waals surface area (Å²) in [4.78, 5) is 2.32. The van der Waals surface area contributed by atoms with Crippen LogP contribution in [0.2, 0.25) is 0 Å². The zero-order chi connectivity index (χ0) is 14.3. The van der Waals surface area contributed by atoms with Gasteiger partial charge in [-0.2, -0.15) is 13.2 Å². The molecule has 1 fully saturated rings. The molecule has 0 bridgehead atoms. The second-order valence-electron chi connectivity index (χ2n) is 5.39. The van der Waals surface area contributed by atoms with E-state index in [4.69, 9.17) is 4.74 Å². The molecule has 1 aliphatic rings. The lowest BCUT2D eigenvalue weighted by Gasteiger charge is -2.30. The van der Waals surface area contributed by atoms with Gasteiger partial charge in [-0.25, -0.2) is 0 Å². The first-order valence-electron chi connectivity index (χ1n) is 7.00. The highest BCUT2D eigenvalue weighted by molar-refractivity contribution is 4.73. The SMILES string of the molecule is CC(CCCC(F)(F)F)NC(C)CN1CCOCC1. The van der Waals surface area contributed by atoms with Crippen LogP contribution in [-0.2, 0) is 4.74 Å². The lowest BCUT2D eigenvalue weighted by molar-refractivity contribution is -0.135. The fourth-order valence-corrected chi connectivity index (χ4v) is 2.40. The van der Waals surface area contributed by atoms with Gasteiger partial charge in [-0.15, -0.1) is 0 Å². The van der Waals surface area contributed by atoms with E-state index in [-0.39, 0.29) is 12.5 Å². The van der Waals surface area contributed by atoms with Gasteiger partial charge in [-0.1, -0.05) is 0 Å². The van der Waals surface area contributed by atoms with E-state index in [1.165, 1.54) is 0 Å². The van der Waals surface area contributed by atoms with Crippen LogP contribution < -0.4 is 5.32 Å². The fourth-order valence-electron chi connectivity index (χ4n) is 2.40. The molecule has 2 unspecified atom stereocenters. The van der Waals surface area contributed by atoms with Crippen molar-refractivity contribution in [1.29, 1.82) is 0 Å². The monoisotopic (exact) mass is 282 g/mol. The van der Waals surface area contributed by atoms with E-state index < -0.39 is 12.6 Å². The molecule has 3 nitrogen and oxygen atoms in total. The predicted octanol–water partition coefficient (Wildman–Crippen LogP) is 2.42. The zero-order valence-corrected chi connectivity index (χ0v) is 11.8. The highest BCUT2D eigenvalue weighted by Crippen LogP contribution is 2.22. The largest absolute Gasteiger partial charge is 0.389 e. The first kappa shape index (κ1) is 16.7. The molecule has 0 aliphatic carbocycles. The van der Waals surface area contributed by atoms with E-state index in [0.717, 1.165) is 32.8 Å². The van der Waals surface area contributed by atoms with Crippen LogP contribution >= 0.6 is 0 Å². The second-order valence-corrected chi connectivity index (χ2v) is 5.39. The normalized spacial score (nSPS) is 21.3. The van der Waals surface area contributed by atoms with E-state index in [9.17, 15) is 13.2 Å². The molecule has 19 heavy (non-hydrogen) atoms. The van der Waals surface area contributed by atoms with Gasteiger partial charge < -0.3 is 10.1 Å². The lowest BCUT2D eigenvalue weighted by Crippen LogP contribution is -2.46. The Morgan fingerprint density at radius 1 is 1.16 bits per heavy atom. The minimum Gasteiger partial charge on any atom is -0.379 e. The van der Waals surface area contributed by atoms with Crippen molar-refractivity contribution >= 4 is 0 Å². The van der Waals surface area contributed by atoms with Crippen molar-refractivity contribution in [3.63, 3.8) is 0 Å². The van der Waals surface area contributed by atoms with Crippen molar-refractivity contribution in [2.75, 3.05) is 32.8 Å². The Morgan fingerprint density at radius 3 is 2.37 bits per heavy atom. The van der Waals surface area contributed by atoms with Crippen molar-refractivity contribution in [3.8, 4) is 0 Å². The molecule has 0 saturated carbocycles. The van der Waals surface area contributed by atoms with Crippen molar-refractivity contribution in [2.45, 2.75) is 51.4 Å². The summed E-state index contributed by atoms with van der Waals surface area (Å²) in [6, 6.07) is 0.414. The first-order valence-corrected chi connectivity index (χ1v) is 7.00. The van der Waals surface area contributed by atoms with E-state index >= 15 is 0 Å². The van der Waals surface area contributed by atoms with Crippen LogP contribution in [0.25, 0.3) is 0 Å². The Kier molecular flexibility index (Phi) is 7.10. The third-order valence-corrected chi connectivity index (χ3v) is 3.30. The van der Waals surface area contributed by atoms with Crippen LogP contribution in [-0.4, -0.2) is 56.0 Å². The highest BCUT2D eigenvalue weighted by atomic mass is 19.4. The number of hydrogen-bond donors (Lipinski definition) is 1. The van der Waals surface area contributed by atoms with Crippen molar-refractivity contribution in [1.82, 2.24) is 10.2 Å². The summed E-state index contributed by atoms with van der Waals surface area (Å²) in [6.07, 6.45) is -3.95. The molecule has 1 rings (SSSR count). The van der Waals surface area contributed by atoms with Crippen LogP contribution in [0.5, 0.6) is 0 Å². The molecule has 6 heteroatoms. The lowest BCUT2D eigenvalue weighted by atomic mass is 10.1. The fraction of sp³-hybridized carbons (Fsp3) is 1.00. The maximum atomic E-state index is 12.0. The maximum Gasteiger partial charge on any atom is 0.389 e. The molecule has 114 valence electrons. The molecule has 0 aromatic carbocycles. The van der Waals surface area contributed by atoms with Gasteiger partial charge in [0.05, 0.1) is 13.2 Å². The van der Waals surface area contributed by atoms with Crippen molar-refractivity contribution in [3.05, 3.63) is 0 Å². The smallest absolute Gasteiger partial charge is 0.379 e. The molecule has 1 heterocycles. The van der Waals surface area contributed by atoms with E-state index in [0.29, 0.717) is 12.5 Å². The van der Waals surface area contributed by atoms with Gasteiger partial charge in [0.2, 0.25) is 0 Å². The Bertz CT molecular complexity index is 243. The molecule has 2 atom stereocenters. The summed E-state index contributed by atoms with van der Waals surface area (Å²) in [5.41, 5.74) is 0. The Hall–Kier alpha value is -0.330. The summed E-state index contributed by atoms with van der Waals surface area (Å²) in [5.74, 6) is 0. The van der Waals surface area contributed by atoms with E-state index in [1.54, 1.807) is 0 Å². The van der Waals surface area contributed by atoms with Crippen LogP contribution in [0.1, 0.15) is 33.1 Å². The zero-order valence-electron chi connectivity index (χ0n) is 11.8. The number of morpholine rings is 1. The first-order chi connectivity index (χ1) is 8.87. The van der Waals surface area contributed by atoms with Crippen LogP contribution in [0.4, 0.5) is 13.2 Å². The van der Waals surface area contributed by atoms with Crippen LogP contribution in [0, 0.1) is 0 Å². The van der Waals surface area contributed by atoms with Gasteiger partial charge >= 0.3 is 6.18 Å². The van der Waals surface area contributed by atoms with Gasteiger partial charge in [-0.3, -0.25) is 4.90 Å². The Morgan fingerprint density at radius 2 is 1.79 bits per heavy atom. The minimum absolute atomic E-state index is 0.124. The molecule has 1 saturated heterocycles. The summed E-state index contributed by atoms with van der Waals surface area (Å²) in [5, 5.41) is 3.36. The number of rotatable bonds is 7. The highest BCUT2D eigenvalue weighted by Gasteiger charge is 2.26. The van der Waals surface area contributed by atoms with Crippen LogP contribution in [0.3, 0.4) is 0 Å². The third-order valence-electron chi connectivity index (χ3n) is 3.30. The van der Waals surface area contributed by atoms with E-state index in [2.05, 4.69) is 17.1 Å². The molecule has 0 radical (unpaired) electrons. The second kappa shape index (κ2) is 8.07. The average molecular weight is 282 g/mol. The number of alkyl halides is 3. The van der Waals surface area contributed by atoms with Gasteiger partial charge in [0, 0.05) is 38.1 Å². The molecule has 1 N–H and O–H groups in total. The summed E-state index contributed by atoms with van der Waals surface area (Å²) in [7, 11) is 0. The molecule has 0 spiro atoms. The van der Waals surface area contributed by atoms with Gasteiger partial charge in [0.25, 0.3) is 0 Å². The third kappa shape index (κ3) is 8.44. The predicted molar refractivity (Wildman–Crippen MR) is 69.2 cm³/mol. The molecular weight excluding hydrogens is 257 g/mol. The summed E-state index contributed by atoms with van der Waals surface area (Å²) < 4.78 is 41.4. The molecule has 0 aromatic heterocycles. The minimum atomic E-state index is -4.03. The molecule has 0 aromatic rings. The van der Waals surface area contributed by atoms with Crippen molar-refractivity contribution in [2.24, 2.45) is 0 Å². The number of halogens is 3. The van der Waals surface area contributed by atoms with Gasteiger partial charge in [0.1, 0.15) is 0 Å². The average Bonchev–Trinajstić information content (AvgIpc) is 2.28. The molecule has 1 aliphatic heterocycles. The maximum absolute atomic E-state index is 12.0. The molecule has 0 amide bonds.